The SMILES string of the molecule is CCOC(=O)c1cccc(NC(=O)Cn2c3c(c(=O)n2-c2ccccc2)Cc2ccccc2O3)c1. The number of hydrogen-bond acceptors (Lipinski definition) is 5. The Morgan fingerprint density at radius 3 is 2.57 bits per heavy atom. The zero-order valence-corrected chi connectivity index (χ0v) is 19.1. The number of esters is 1. The number of hydrogen-bond donors (Lipinski definition) is 1. The first-order valence-corrected chi connectivity index (χ1v) is 11.3. The monoisotopic (exact) mass is 469 g/mol. The highest BCUT2D eigenvalue weighted by Crippen LogP contribution is 2.35. The number of anilines is 1. The second-order valence-corrected chi connectivity index (χ2v) is 8.03. The average Bonchev–Trinajstić information content (AvgIpc) is 3.13. The summed E-state index contributed by atoms with van der Waals surface area (Å²) in [6, 6.07) is 23.2. The first kappa shape index (κ1) is 22.2. The van der Waals surface area contributed by atoms with Crippen molar-refractivity contribution in [2.45, 2.75) is 19.9 Å². The van der Waals surface area contributed by atoms with E-state index in [1.807, 2.05) is 42.5 Å². The van der Waals surface area contributed by atoms with Gasteiger partial charge < -0.3 is 14.8 Å². The van der Waals surface area contributed by atoms with E-state index in [0.29, 0.717) is 40.6 Å². The van der Waals surface area contributed by atoms with E-state index in [9.17, 15) is 14.4 Å². The molecule has 0 radical (unpaired) electrons. The Morgan fingerprint density at radius 1 is 1.00 bits per heavy atom. The van der Waals surface area contributed by atoms with Crippen molar-refractivity contribution in [1.29, 1.82) is 0 Å². The van der Waals surface area contributed by atoms with Gasteiger partial charge in [-0.25, -0.2) is 14.2 Å². The van der Waals surface area contributed by atoms with Crippen LogP contribution in [0, 0.1) is 0 Å². The smallest absolute Gasteiger partial charge is 0.338 e. The van der Waals surface area contributed by atoms with Gasteiger partial charge in [0.05, 0.1) is 23.4 Å². The van der Waals surface area contributed by atoms with E-state index in [1.165, 1.54) is 4.68 Å². The van der Waals surface area contributed by atoms with Crippen LogP contribution in [0.4, 0.5) is 5.69 Å². The Morgan fingerprint density at radius 2 is 1.77 bits per heavy atom. The number of fused-ring (bicyclic) bond motifs is 2. The lowest BCUT2D eigenvalue weighted by atomic mass is 10.0. The van der Waals surface area contributed by atoms with E-state index in [1.54, 1.807) is 48.0 Å². The number of nitrogens with one attached hydrogen (secondary N) is 1. The Hall–Kier alpha value is -4.59. The van der Waals surface area contributed by atoms with Crippen LogP contribution < -0.4 is 15.6 Å². The molecule has 0 unspecified atom stereocenters. The molecule has 5 rings (SSSR count). The maximum Gasteiger partial charge on any atom is 0.338 e. The van der Waals surface area contributed by atoms with E-state index in [4.69, 9.17) is 9.47 Å². The minimum Gasteiger partial charge on any atom is -0.462 e. The van der Waals surface area contributed by atoms with Gasteiger partial charge in [-0.2, -0.15) is 0 Å². The zero-order valence-electron chi connectivity index (χ0n) is 19.1. The van der Waals surface area contributed by atoms with Crippen molar-refractivity contribution in [2.24, 2.45) is 0 Å². The van der Waals surface area contributed by atoms with E-state index in [0.717, 1.165) is 5.56 Å². The van der Waals surface area contributed by atoms with Crippen LogP contribution in [0.15, 0.2) is 83.7 Å². The molecule has 0 bridgehead atoms. The molecule has 8 heteroatoms. The number of carbonyl (C=O) groups is 2. The summed E-state index contributed by atoms with van der Waals surface area (Å²) in [5.74, 6) is 0.151. The Kier molecular flexibility index (Phi) is 5.93. The minimum absolute atomic E-state index is 0.175. The first-order chi connectivity index (χ1) is 17.0. The summed E-state index contributed by atoms with van der Waals surface area (Å²) in [6.07, 6.45) is 0.410. The fraction of sp³-hybridized carbons (Fsp3) is 0.148. The van der Waals surface area contributed by atoms with Crippen molar-refractivity contribution in [1.82, 2.24) is 9.36 Å². The molecule has 176 valence electrons. The molecule has 8 nitrogen and oxygen atoms in total. The molecule has 0 atom stereocenters. The standard InChI is InChI=1S/C27H23N3O5/c1-2-34-27(33)19-10-8-11-20(15-19)28-24(31)17-29-26-22(16-18-9-6-7-14-23(18)35-26)25(32)30(29)21-12-4-3-5-13-21/h3-15H,2,16-17H2,1H3,(H,28,31). The predicted molar refractivity (Wildman–Crippen MR) is 130 cm³/mol. The van der Waals surface area contributed by atoms with Gasteiger partial charge in [-0.1, -0.05) is 42.5 Å². The number of aromatic nitrogens is 2. The van der Waals surface area contributed by atoms with Gasteiger partial charge in [-0.3, -0.25) is 9.59 Å². The van der Waals surface area contributed by atoms with Gasteiger partial charge in [0.25, 0.3) is 5.56 Å². The van der Waals surface area contributed by atoms with Gasteiger partial charge in [-0.05, 0) is 48.9 Å². The summed E-state index contributed by atoms with van der Waals surface area (Å²) in [4.78, 5) is 38.6. The molecule has 0 spiro atoms. The van der Waals surface area contributed by atoms with Crippen molar-refractivity contribution in [3.63, 3.8) is 0 Å². The summed E-state index contributed by atoms with van der Waals surface area (Å²) < 4.78 is 14.2. The van der Waals surface area contributed by atoms with Crippen LogP contribution >= 0.6 is 0 Å². The maximum absolute atomic E-state index is 13.4. The van der Waals surface area contributed by atoms with Crippen LogP contribution in [-0.2, 0) is 22.5 Å². The van der Waals surface area contributed by atoms with Crippen LogP contribution in [0.25, 0.3) is 5.69 Å². The van der Waals surface area contributed by atoms with Crippen molar-refractivity contribution in [2.75, 3.05) is 11.9 Å². The Labute approximate surface area is 201 Å². The quantitative estimate of drug-likeness (QED) is 0.377. The molecule has 1 aromatic heterocycles. The third kappa shape index (κ3) is 4.33. The number of ether oxygens (including phenoxy) is 2. The normalized spacial score (nSPS) is 11.7. The fourth-order valence-corrected chi connectivity index (χ4v) is 4.13. The third-order valence-corrected chi connectivity index (χ3v) is 5.68. The molecule has 0 aliphatic carbocycles. The molecular weight excluding hydrogens is 446 g/mol. The van der Waals surface area contributed by atoms with Gasteiger partial charge in [0.1, 0.15) is 12.3 Å². The van der Waals surface area contributed by atoms with Gasteiger partial charge in [0.2, 0.25) is 11.8 Å². The van der Waals surface area contributed by atoms with Crippen molar-refractivity contribution in [3.05, 3.63) is 106 Å². The lowest BCUT2D eigenvalue weighted by Crippen LogP contribution is -2.27. The summed E-state index contributed by atoms with van der Waals surface area (Å²) in [6.45, 7) is 1.81. The molecule has 4 aromatic rings. The van der Waals surface area contributed by atoms with Gasteiger partial charge in [0, 0.05) is 12.1 Å². The predicted octanol–water partition coefficient (Wildman–Crippen LogP) is 4.15. The van der Waals surface area contributed by atoms with Crippen LogP contribution in [-0.4, -0.2) is 27.8 Å². The number of rotatable bonds is 6. The fourth-order valence-electron chi connectivity index (χ4n) is 4.13. The lowest BCUT2D eigenvalue weighted by Gasteiger charge is -2.19. The van der Waals surface area contributed by atoms with Crippen LogP contribution in [0.5, 0.6) is 11.6 Å². The van der Waals surface area contributed by atoms with Crippen LogP contribution in [0.2, 0.25) is 0 Å². The number of para-hydroxylation sites is 2. The number of benzene rings is 3. The van der Waals surface area contributed by atoms with Crippen molar-refractivity contribution < 1.29 is 19.1 Å². The highest BCUT2D eigenvalue weighted by molar-refractivity contribution is 5.94. The molecular formula is C27H23N3O5. The molecule has 0 fully saturated rings. The molecule has 1 aliphatic rings. The largest absolute Gasteiger partial charge is 0.462 e. The molecule has 1 aliphatic heterocycles. The highest BCUT2D eigenvalue weighted by Gasteiger charge is 2.29. The number of nitrogens with zero attached hydrogens (tertiary/aromatic N) is 2. The van der Waals surface area contributed by atoms with E-state index < -0.39 is 5.97 Å². The summed E-state index contributed by atoms with van der Waals surface area (Å²) >= 11 is 0. The van der Waals surface area contributed by atoms with E-state index >= 15 is 0 Å². The molecule has 3 aromatic carbocycles. The van der Waals surface area contributed by atoms with E-state index in [-0.39, 0.29) is 24.6 Å². The molecule has 35 heavy (non-hydrogen) atoms. The summed E-state index contributed by atoms with van der Waals surface area (Å²) in [7, 11) is 0. The van der Waals surface area contributed by atoms with Gasteiger partial charge in [-0.15, -0.1) is 0 Å². The maximum atomic E-state index is 13.4. The number of carbonyl (C=O) groups excluding carboxylic acids is 2. The molecule has 1 N–H and O–H groups in total. The van der Waals surface area contributed by atoms with Gasteiger partial charge in [0.15, 0.2) is 0 Å². The minimum atomic E-state index is -0.465. The van der Waals surface area contributed by atoms with Crippen molar-refractivity contribution >= 4 is 17.6 Å². The lowest BCUT2D eigenvalue weighted by molar-refractivity contribution is -0.117. The van der Waals surface area contributed by atoms with Crippen LogP contribution in [0.1, 0.15) is 28.4 Å². The van der Waals surface area contributed by atoms with E-state index in [2.05, 4.69) is 5.32 Å². The first-order valence-electron chi connectivity index (χ1n) is 11.3. The second-order valence-electron chi connectivity index (χ2n) is 8.03. The van der Waals surface area contributed by atoms with Crippen LogP contribution in [0.3, 0.4) is 0 Å². The van der Waals surface area contributed by atoms with Crippen molar-refractivity contribution in [3.8, 4) is 17.3 Å². The zero-order chi connectivity index (χ0) is 24.4. The molecule has 2 heterocycles. The second kappa shape index (κ2) is 9.34. The highest BCUT2D eigenvalue weighted by atomic mass is 16.5. The molecule has 1 amide bonds. The summed E-state index contributed by atoms with van der Waals surface area (Å²) in [5.41, 5.74) is 2.57. The molecule has 0 saturated heterocycles. The summed E-state index contributed by atoms with van der Waals surface area (Å²) in [5, 5.41) is 2.80. The topological polar surface area (TPSA) is 91.6 Å². The average molecular weight is 469 g/mol. The Balaban J connectivity index is 1.49. The Bertz CT molecular complexity index is 1470. The molecule has 0 saturated carbocycles. The van der Waals surface area contributed by atoms with Gasteiger partial charge >= 0.3 is 5.97 Å². The third-order valence-electron chi connectivity index (χ3n) is 5.68. The number of amides is 1.